The minimum absolute atomic E-state index is 0.0747. The molecule has 0 radical (unpaired) electrons. The van der Waals surface area contributed by atoms with E-state index in [9.17, 15) is 0 Å². The van der Waals surface area contributed by atoms with Crippen LogP contribution in [-0.4, -0.2) is 6.61 Å². The summed E-state index contributed by atoms with van der Waals surface area (Å²) in [5.41, 5.74) is 2.31. The Morgan fingerprint density at radius 1 is 1.10 bits per heavy atom. The molecular formula is C17H18N2O. The molecule has 0 amide bonds. The van der Waals surface area contributed by atoms with Crippen LogP contribution in [0.1, 0.15) is 24.1 Å². The van der Waals surface area contributed by atoms with Gasteiger partial charge in [-0.15, -0.1) is 0 Å². The van der Waals surface area contributed by atoms with E-state index in [1.54, 1.807) is 0 Å². The van der Waals surface area contributed by atoms with Crippen molar-refractivity contribution in [3.05, 3.63) is 65.7 Å². The lowest BCUT2D eigenvalue weighted by atomic mass is 10.1. The van der Waals surface area contributed by atoms with E-state index in [4.69, 9.17) is 10.00 Å². The second kappa shape index (κ2) is 7.32. The first kappa shape index (κ1) is 14.1. The normalized spacial score (nSPS) is 11.6. The van der Waals surface area contributed by atoms with E-state index in [1.807, 2.05) is 48.5 Å². The summed E-state index contributed by atoms with van der Waals surface area (Å²) >= 11 is 0. The Hall–Kier alpha value is -2.31. The molecule has 0 heterocycles. The van der Waals surface area contributed by atoms with Crippen LogP contribution < -0.4 is 10.1 Å². The number of hydrogen-bond donors (Lipinski definition) is 1. The van der Waals surface area contributed by atoms with Crippen molar-refractivity contribution in [2.45, 2.75) is 19.5 Å². The number of nitrogens with one attached hydrogen (secondary N) is 1. The number of nitriles is 1. The molecule has 1 atom stereocenters. The zero-order chi connectivity index (χ0) is 14.2. The van der Waals surface area contributed by atoms with Crippen LogP contribution in [0.5, 0.6) is 5.75 Å². The van der Waals surface area contributed by atoms with Gasteiger partial charge in [-0.05, 0) is 18.6 Å². The molecule has 3 nitrogen and oxygen atoms in total. The molecule has 0 aliphatic heterocycles. The van der Waals surface area contributed by atoms with E-state index in [1.165, 1.54) is 5.56 Å². The molecule has 2 rings (SSSR count). The van der Waals surface area contributed by atoms with E-state index in [2.05, 4.69) is 24.4 Å². The Kier molecular flexibility index (Phi) is 5.16. The third-order valence-corrected chi connectivity index (χ3v) is 3.16. The summed E-state index contributed by atoms with van der Waals surface area (Å²) in [6.07, 6.45) is 0. The number of ether oxygens (including phenoxy) is 1. The molecule has 0 unspecified atom stereocenters. The van der Waals surface area contributed by atoms with Gasteiger partial charge in [0.15, 0.2) is 6.61 Å². The van der Waals surface area contributed by atoms with Crippen molar-refractivity contribution in [3.63, 3.8) is 0 Å². The van der Waals surface area contributed by atoms with Gasteiger partial charge in [-0.2, -0.15) is 5.26 Å². The van der Waals surface area contributed by atoms with Gasteiger partial charge in [-0.25, -0.2) is 0 Å². The highest BCUT2D eigenvalue weighted by atomic mass is 16.5. The summed E-state index contributed by atoms with van der Waals surface area (Å²) in [4.78, 5) is 0. The predicted molar refractivity (Wildman–Crippen MR) is 79.2 cm³/mol. The minimum atomic E-state index is 0.0747. The van der Waals surface area contributed by atoms with Gasteiger partial charge in [0.05, 0.1) is 0 Å². The second-order valence-electron chi connectivity index (χ2n) is 4.57. The third kappa shape index (κ3) is 3.84. The van der Waals surface area contributed by atoms with Crippen molar-refractivity contribution in [1.82, 2.24) is 5.32 Å². The summed E-state index contributed by atoms with van der Waals surface area (Å²) in [6.45, 7) is 2.91. The predicted octanol–water partition coefficient (Wildman–Crippen LogP) is 3.44. The molecule has 0 spiro atoms. The van der Waals surface area contributed by atoms with Crippen LogP contribution in [0.15, 0.2) is 54.6 Å². The molecule has 0 saturated carbocycles. The zero-order valence-corrected chi connectivity index (χ0v) is 11.5. The fourth-order valence-electron chi connectivity index (χ4n) is 2.02. The zero-order valence-electron chi connectivity index (χ0n) is 11.5. The maximum absolute atomic E-state index is 8.59. The van der Waals surface area contributed by atoms with E-state index < -0.39 is 0 Å². The molecule has 102 valence electrons. The largest absolute Gasteiger partial charge is 0.478 e. The van der Waals surface area contributed by atoms with Crippen molar-refractivity contribution >= 4 is 0 Å². The highest BCUT2D eigenvalue weighted by molar-refractivity contribution is 5.33. The first-order chi connectivity index (χ1) is 9.81. The number of hydrogen-bond acceptors (Lipinski definition) is 3. The van der Waals surface area contributed by atoms with Gasteiger partial charge in [0.1, 0.15) is 11.8 Å². The molecule has 0 aliphatic rings. The van der Waals surface area contributed by atoms with Gasteiger partial charge < -0.3 is 10.1 Å². The lowest BCUT2D eigenvalue weighted by Gasteiger charge is -2.16. The van der Waals surface area contributed by atoms with Crippen molar-refractivity contribution < 1.29 is 4.74 Å². The Morgan fingerprint density at radius 3 is 2.55 bits per heavy atom. The molecule has 1 N–H and O–H groups in total. The molecular weight excluding hydrogens is 248 g/mol. The Morgan fingerprint density at radius 2 is 1.80 bits per heavy atom. The highest BCUT2D eigenvalue weighted by Gasteiger charge is 2.07. The van der Waals surface area contributed by atoms with E-state index in [0.717, 1.165) is 11.3 Å². The quantitative estimate of drug-likeness (QED) is 0.871. The third-order valence-electron chi connectivity index (χ3n) is 3.16. The maximum Gasteiger partial charge on any atom is 0.174 e. The molecule has 2 aromatic rings. The highest BCUT2D eigenvalue weighted by Crippen LogP contribution is 2.19. The van der Waals surface area contributed by atoms with Gasteiger partial charge >= 0.3 is 0 Å². The number of nitrogens with zero attached hydrogens (tertiary/aromatic N) is 1. The van der Waals surface area contributed by atoms with Crippen molar-refractivity contribution in [1.29, 1.82) is 5.26 Å². The smallest absolute Gasteiger partial charge is 0.174 e. The molecule has 3 heteroatoms. The van der Waals surface area contributed by atoms with E-state index in [0.29, 0.717) is 6.54 Å². The molecule has 0 aromatic heterocycles. The Balaban J connectivity index is 1.99. The lowest BCUT2D eigenvalue weighted by Crippen LogP contribution is -2.18. The number of rotatable bonds is 6. The molecule has 0 bridgehead atoms. The van der Waals surface area contributed by atoms with Gasteiger partial charge in [0, 0.05) is 18.2 Å². The van der Waals surface area contributed by atoms with E-state index >= 15 is 0 Å². The van der Waals surface area contributed by atoms with Gasteiger partial charge in [0.2, 0.25) is 0 Å². The molecule has 0 saturated heterocycles. The number of benzene rings is 2. The SMILES string of the molecule is C[C@@H](NCc1ccccc1OCC#N)c1ccccc1. The fraction of sp³-hybridized carbons (Fsp3) is 0.235. The Labute approximate surface area is 119 Å². The summed E-state index contributed by atoms with van der Waals surface area (Å²) < 4.78 is 5.42. The molecule has 0 fully saturated rings. The number of para-hydroxylation sites is 1. The lowest BCUT2D eigenvalue weighted by molar-refractivity contribution is 0.361. The molecule has 20 heavy (non-hydrogen) atoms. The summed E-state index contributed by atoms with van der Waals surface area (Å²) in [6, 6.07) is 20.4. The topological polar surface area (TPSA) is 45.0 Å². The van der Waals surface area contributed by atoms with Crippen molar-refractivity contribution in [3.8, 4) is 11.8 Å². The average Bonchev–Trinajstić information content (AvgIpc) is 2.52. The van der Waals surface area contributed by atoms with E-state index in [-0.39, 0.29) is 12.6 Å². The van der Waals surface area contributed by atoms with Crippen LogP contribution in [0.3, 0.4) is 0 Å². The first-order valence-corrected chi connectivity index (χ1v) is 6.67. The fourth-order valence-corrected chi connectivity index (χ4v) is 2.02. The van der Waals surface area contributed by atoms with Crippen LogP contribution in [0, 0.1) is 11.3 Å². The van der Waals surface area contributed by atoms with Crippen LogP contribution in [0.4, 0.5) is 0 Å². The molecule has 2 aromatic carbocycles. The molecule has 0 aliphatic carbocycles. The van der Waals surface area contributed by atoms with Gasteiger partial charge in [-0.1, -0.05) is 48.5 Å². The van der Waals surface area contributed by atoms with Crippen LogP contribution >= 0.6 is 0 Å². The summed E-state index contributed by atoms with van der Waals surface area (Å²) in [7, 11) is 0. The van der Waals surface area contributed by atoms with Crippen molar-refractivity contribution in [2.24, 2.45) is 0 Å². The van der Waals surface area contributed by atoms with Crippen LogP contribution in [0.2, 0.25) is 0 Å². The monoisotopic (exact) mass is 266 g/mol. The maximum atomic E-state index is 8.59. The standard InChI is InChI=1S/C17H18N2O/c1-14(15-7-3-2-4-8-15)19-13-16-9-5-6-10-17(16)20-12-11-18/h2-10,14,19H,12-13H2,1H3/t14-/m1/s1. The van der Waals surface area contributed by atoms with Crippen LogP contribution in [-0.2, 0) is 6.54 Å². The second-order valence-corrected chi connectivity index (χ2v) is 4.57. The Bertz CT molecular complexity index is 575. The van der Waals surface area contributed by atoms with Gasteiger partial charge in [0.25, 0.3) is 0 Å². The van der Waals surface area contributed by atoms with Crippen LogP contribution in [0.25, 0.3) is 0 Å². The van der Waals surface area contributed by atoms with Gasteiger partial charge in [-0.3, -0.25) is 0 Å². The van der Waals surface area contributed by atoms with Crippen molar-refractivity contribution in [2.75, 3.05) is 6.61 Å². The summed E-state index contributed by atoms with van der Waals surface area (Å²) in [5.74, 6) is 0.766. The average molecular weight is 266 g/mol. The first-order valence-electron chi connectivity index (χ1n) is 6.67. The summed E-state index contributed by atoms with van der Waals surface area (Å²) in [5, 5.41) is 12.1. The minimum Gasteiger partial charge on any atom is -0.478 e.